The van der Waals surface area contributed by atoms with Gasteiger partial charge in [0.15, 0.2) is 0 Å². The Morgan fingerprint density at radius 3 is 3.06 bits per heavy atom. The van der Waals surface area contributed by atoms with E-state index in [0.717, 1.165) is 31.9 Å². The summed E-state index contributed by atoms with van der Waals surface area (Å²) in [5.74, 6) is 2.08. The van der Waals surface area contributed by atoms with Gasteiger partial charge in [0.05, 0.1) is 12.4 Å². The molecule has 0 aliphatic carbocycles. The van der Waals surface area contributed by atoms with Crippen molar-refractivity contribution >= 4 is 17.4 Å². The molecule has 0 saturated carbocycles. The van der Waals surface area contributed by atoms with Crippen molar-refractivity contribution < 1.29 is 0 Å². The Bertz CT molecular complexity index is 358. The molecule has 0 aromatic carbocycles. The van der Waals surface area contributed by atoms with Crippen LogP contribution in [0.4, 0.5) is 5.82 Å². The third-order valence-electron chi connectivity index (χ3n) is 3.33. The van der Waals surface area contributed by atoms with E-state index in [4.69, 9.17) is 17.3 Å². The first kappa shape index (κ1) is 11.6. The average Bonchev–Trinajstić information content (AvgIpc) is 2.29. The largest absolute Gasteiger partial charge is 0.355 e. The number of piperidine rings is 1. The minimum absolute atomic E-state index is 0.445. The van der Waals surface area contributed by atoms with E-state index in [2.05, 4.69) is 21.8 Å². The number of hydrogen-bond acceptors (Lipinski definition) is 4. The maximum atomic E-state index is 5.84. The van der Waals surface area contributed by atoms with Crippen molar-refractivity contribution in [1.29, 1.82) is 0 Å². The van der Waals surface area contributed by atoms with E-state index in [-0.39, 0.29) is 0 Å². The summed E-state index contributed by atoms with van der Waals surface area (Å²) in [5, 5.41) is 0.445. The second-order valence-corrected chi connectivity index (χ2v) is 4.80. The van der Waals surface area contributed by atoms with Crippen LogP contribution < -0.4 is 10.6 Å². The van der Waals surface area contributed by atoms with Crippen LogP contribution in [0, 0.1) is 11.8 Å². The molecular weight excluding hydrogens is 224 g/mol. The number of anilines is 1. The molecule has 4 nitrogen and oxygen atoms in total. The molecule has 88 valence electrons. The van der Waals surface area contributed by atoms with Gasteiger partial charge >= 0.3 is 0 Å². The molecule has 1 aromatic heterocycles. The topological polar surface area (TPSA) is 55.0 Å². The molecule has 1 saturated heterocycles. The van der Waals surface area contributed by atoms with Gasteiger partial charge in [-0.15, -0.1) is 0 Å². The summed E-state index contributed by atoms with van der Waals surface area (Å²) in [4.78, 5) is 10.6. The third kappa shape index (κ3) is 2.44. The number of nitrogens with zero attached hydrogens (tertiary/aromatic N) is 3. The summed E-state index contributed by atoms with van der Waals surface area (Å²) < 4.78 is 0. The van der Waals surface area contributed by atoms with Gasteiger partial charge in [-0.2, -0.15) is 0 Å². The van der Waals surface area contributed by atoms with Gasteiger partial charge in [0.2, 0.25) is 0 Å². The molecule has 1 aliphatic heterocycles. The molecule has 2 unspecified atom stereocenters. The first-order chi connectivity index (χ1) is 7.70. The highest BCUT2D eigenvalue weighted by molar-refractivity contribution is 6.29. The standard InChI is InChI=1S/C11H17ClN4/c1-8-2-3-16(7-9(8)4-13)11-6-14-5-10(12)15-11/h5-6,8-9H,2-4,7,13H2,1H3. The van der Waals surface area contributed by atoms with Crippen molar-refractivity contribution in [2.24, 2.45) is 17.6 Å². The van der Waals surface area contributed by atoms with E-state index in [9.17, 15) is 0 Å². The van der Waals surface area contributed by atoms with Crippen LogP contribution in [0.5, 0.6) is 0 Å². The van der Waals surface area contributed by atoms with Crippen molar-refractivity contribution in [1.82, 2.24) is 9.97 Å². The Kier molecular flexibility index (Phi) is 3.61. The fourth-order valence-corrected chi connectivity index (χ4v) is 2.29. The van der Waals surface area contributed by atoms with Crippen LogP contribution in [0.3, 0.4) is 0 Å². The van der Waals surface area contributed by atoms with Crippen molar-refractivity contribution in [3.05, 3.63) is 17.5 Å². The van der Waals surface area contributed by atoms with Gasteiger partial charge in [0.1, 0.15) is 11.0 Å². The smallest absolute Gasteiger partial charge is 0.149 e. The summed E-state index contributed by atoms with van der Waals surface area (Å²) in [6.07, 6.45) is 4.46. The lowest BCUT2D eigenvalue weighted by Gasteiger charge is -2.37. The van der Waals surface area contributed by atoms with Gasteiger partial charge in [-0.05, 0) is 24.8 Å². The molecular formula is C11H17ClN4. The highest BCUT2D eigenvalue weighted by atomic mass is 35.5. The van der Waals surface area contributed by atoms with Crippen LogP contribution in [0.25, 0.3) is 0 Å². The summed E-state index contributed by atoms with van der Waals surface area (Å²) in [5.41, 5.74) is 5.78. The third-order valence-corrected chi connectivity index (χ3v) is 3.52. The molecule has 0 radical (unpaired) electrons. The molecule has 2 N–H and O–H groups in total. The van der Waals surface area contributed by atoms with E-state index in [1.807, 2.05) is 0 Å². The van der Waals surface area contributed by atoms with Crippen LogP contribution >= 0.6 is 11.6 Å². The molecule has 2 atom stereocenters. The zero-order chi connectivity index (χ0) is 11.5. The van der Waals surface area contributed by atoms with E-state index in [1.54, 1.807) is 12.4 Å². The molecule has 5 heteroatoms. The molecule has 1 aromatic rings. The molecule has 0 spiro atoms. The van der Waals surface area contributed by atoms with Crippen LogP contribution in [0.1, 0.15) is 13.3 Å². The summed E-state index contributed by atoms with van der Waals surface area (Å²) in [6, 6.07) is 0. The molecule has 2 rings (SSSR count). The van der Waals surface area contributed by atoms with E-state index < -0.39 is 0 Å². The lowest BCUT2D eigenvalue weighted by Crippen LogP contribution is -2.43. The van der Waals surface area contributed by atoms with Gasteiger partial charge in [-0.3, -0.25) is 4.98 Å². The number of nitrogens with two attached hydrogens (primary N) is 1. The van der Waals surface area contributed by atoms with Crippen molar-refractivity contribution in [3.8, 4) is 0 Å². The zero-order valence-electron chi connectivity index (χ0n) is 9.43. The van der Waals surface area contributed by atoms with Crippen molar-refractivity contribution in [2.45, 2.75) is 13.3 Å². The highest BCUT2D eigenvalue weighted by Crippen LogP contribution is 2.25. The number of hydrogen-bond donors (Lipinski definition) is 1. The van der Waals surface area contributed by atoms with Crippen molar-refractivity contribution in [2.75, 3.05) is 24.5 Å². The van der Waals surface area contributed by atoms with Gasteiger partial charge in [-0.1, -0.05) is 18.5 Å². The molecule has 0 bridgehead atoms. The van der Waals surface area contributed by atoms with E-state index in [1.165, 1.54) is 0 Å². The van der Waals surface area contributed by atoms with E-state index >= 15 is 0 Å². The fraction of sp³-hybridized carbons (Fsp3) is 0.636. The summed E-state index contributed by atoms with van der Waals surface area (Å²) in [6.45, 7) is 4.95. The Morgan fingerprint density at radius 1 is 1.56 bits per heavy atom. The number of rotatable bonds is 2. The van der Waals surface area contributed by atoms with Gasteiger partial charge in [0.25, 0.3) is 0 Å². The molecule has 1 aliphatic rings. The van der Waals surface area contributed by atoms with Crippen LogP contribution in [0.15, 0.2) is 12.4 Å². The lowest BCUT2D eigenvalue weighted by atomic mass is 9.87. The highest BCUT2D eigenvalue weighted by Gasteiger charge is 2.25. The number of halogens is 1. The first-order valence-electron chi connectivity index (χ1n) is 5.63. The lowest BCUT2D eigenvalue weighted by molar-refractivity contribution is 0.307. The first-order valence-corrected chi connectivity index (χ1v) is 6.01. The monoisotopic (exact) mass is 240 g/mol. The van der Waals surface area contributed by atoms with Gasteiger partial charge < -0.3 is 10.6 Å². The normalized spacial score (nSPS) is 25.8. The summed E-state index contributed by atoms with van der Waals surface area (Å²) in [7, 11) is 0. The predicted octanol–water partition coefficient (Wildman–Crippen LogP) is 1.55. The SMILES string of the molecule is CC1CCN(c2cncc(Cl)n2)CC1CN. The molecule has 0 amide bonds. The second kappa shape index (κ2) is 4.97. The zero-order valence-corrected chi connectivity index (χ0v) is 10.2. The minimum atomic E-state index is 0.445. The second-order valence-electron chi connectivity index (χ2n) is 4.41. The van der Waals surface area contributed by atoms with Crippen LogP contribution in [-0.2, 0) is 0 Å². The molecule has 2 heterocycles. The fourth-order valence-electron chi connectivity index (χ4n) is 2.15. The quantitative estimate of drug-likeness (QED) is 0.852. The molecule has 16 heavy (non-hydrogen) atoms. The minimum Gasteiger partial charge on any atom is -0.355 e. The predicted molar refractivity (Wildman–Crippen MR) is 65.6 cm³/mol. The van der Waals surface area contributed by atoms with Crippen LogP contribution in [0.2, 0.25) is 5.15 Å². The average molecular weight is 241 g/mol. The Morgan fingerprint density at radius 2 is 2.38 bits per heavy atom. The number of aromatic nitrogens is 2. The maximum Gasteiger partial charge on any atom is 0.149 e. The van der Waals surface area contributed by atoms with Crippen LogP contribution in [-0.4, -0.2) is 29.6 Å². The Labute approximate surface area is 101 Å². The van der Waals surface area contributed by atoms with Gasteiger partial charge in [-0.25, -0.2) is 4.98 Å². The van der Waals surface area contributed by atoms with E-state index in [0.29, 0.717) is 17.0 Å². The Hall–Kier alpha value is -0.870. The van der Waals surface area contributed by atoms with Gasteiger partial charge in [0, 0.05) is 13.1 Å². The Balaban J connectivity index is 2.11. The molecule has 1 fully saturated rings. The van der Waals surface area contributed by atoms with Crippen molar-refractivity contribution in [3.63, 3.8) is 0 Å². The summed E-state index contributed by atoms with van der Waals surface area (Å²) >= 11 is 5.84. The maximum absolute atomic E-state index is 5.84.